The Bertz CT molecular complexity index is 919. The summed E-state index contributed by atoms with van der Waals surface area (Å²) in [4.78, 5) is 4.66. The van der Waals surface area contributed by atoms with E-state index in [-0.39, 0.29) is 0 Å². The van der Waals surface area contributed by atoms with Crippen molar-refractivity contribution in [3.8, 4) is 17.2 Å². The summed E-state index contributed by atoms with van der Waals surface area (Å²) in [6.45, 7) is 2.90. The van der Waals surface area contributed by atoms with Gasteiger partial charge < -0.3 is 29.3 Å². The summed E-state index contributed by atoms with van der Waals surface area (Å²) in [7, 11) is 7.10. The molecular weight excluding hydrogens is 446 g/mol. The summed E-state index contributed by atoms with van der Waals surface area (Å²) in [6.07, 6.45) is 2.96. The van der Waals surface area contributed by atoms with Crippen molar-refractivity contribution in [3.63, 3.8) is 0 Å². The van der Waals surface area contributed by atoms with Crippen LogP contribution in [0.3, 0.4) is 0 Å². The molecule has 1 N–H and O–H groups in total. The summed E-state index contributed by atoms with van der Waals surface area (Å²) < 4.78 is 16.2. The third-order valence-electron chi connectivity index (χ3n) is 5.89. The molecule has 6 nitrogen and oxygen atoms in total. The third-order valence-corrected chi connectivity index (χ3v) is 6.56. The van der Waals surface area contributed by atoms with Crippen molar-refractivity contribution in [1.29, 1.82) is 0 Å². The van der Waals surface area contributed by atoms with Crippen LogP contribution in [-0.4, -0.2) is 69.0 Å². The average Bonchev–Trinajstić information content (AvgIpc) is 2.81. The van der Waals surface area contributed by atoms with Gasteiger partial charge in [0.15, 0.2) is 16.6 Å². The lowest BCUT2D eigenvalue weighted by Crippen LogP contribution is -2.48. The van der Waals surface area contributed by atoms with Crippen LogP contribution < -0.4 is 19.5 Å². The number of thiocarbonyl (C=S) groups is 1. The maximum atomic E-state index is 6.41. The van der Waals surface area contributed by atoms with E-state index in [1.54, 1.807) is 21.3 Å². The lowest BCUT2D eigenvalue weighted by atomic mass is 10.0. The lowest BCUT2D eigenvalue weighted by Gasteiger charge is -2.39. The molecule has 1 heterocycles. The number of methoxy groups -OCH3 is 3. The van der Waals surface area contributed by atoms with Gasteiger partial charge in [0.2, 0.25) is 0 Å². The maximum Gasteiger partial charge on any atom is 0.173 e. The van der Waals surface area contributed by atoms with Crippen LogP contribution in [0.5, 0.6) is 17.2 Å². The molecule has 0 saturated carbocycles. The van der Waals surface area contributed by atoms with Crippen molar-refractivity contribution in [1.82, 2.24) is 9.80 Å². The zero-order chi connectivity index (χ0) is 23.1. The first-order valence-corrected chi connectivity index (χ1v) is 11.5. The van der Waals surface area contributed by atoms with Crippen LogP contribution in [0.15, 0.2) is 36.4 Å². The fraction of sp³-hybridized carbons (Fsp3) is 0.458. The highest BCUT2D eigenvalue weighted by Crippen LogP contribution is 2.29. The number of benzene rings is 2. The van der Waals surface area contributed by atoms with E-state index < -0.39 is 0 Å². The second kappa shape index (κ2) is 11.6. The van der Waals surface area contributed by atoms with Gasteiger partial charge in [-0.25, -0.2) is 0 Å². The Balaban J connectivity index is 1.77. The number of likely N-dealkylation sites (tertiary alicyclic amines) is 1. The fourth-order valence-corrected chi connectivity index (χ4v) is 4.47. The molecule has 0 atom stereocenters. The summed E-state index contributed by atoms with van der Waals surface area (Å²) in [6, 6.07) is 11.9. The molecule has 174 valence electrons. The fourth-order valence-electron chi connectivity index (χ4n) is 3.96. The Morgan fingerprint density at radius 1 is 1.06 bits per heavy atom. The van der Waals surface area contributed by atoms with Crippen molar-refractivity contribution in [2.24, 2.45) is 0 Å². The van der Waals surface area contributed by atoms with E-state index >= 15 is 0 Å². The summed E-state index contributed by atoms with van der Waals surface area (Å²) in [5, 5.41) is 4.64. The summed E-state index contributed by atoms with van der Waals surface area (Å²) in [5.74, 6) is 2.20. The van der Waals surface area contributed by atoms with Gasteiger partial charge in [-0.2, -0.15) is 0 Å². The predicted molar refractivity (Wildman–Crippen MR) is 135 cm³/mol. The van der Waals surface area contributed by atoms with Crippen LogP contribution in [0.2, 0.25) is 5.02 Å². The molecule has 8 heteroatoms. The minimum Gasteiger partial charge on any atom is -0.497 e. The van der Waals surface area contributed by atoms with E-state index in [9.17, 15) is 0 Å². The molecule has 1 aliphatic heterocycles. The van der Waals surface area contributed by atoms with E-state index in [1.807, 2.05) is 30.3 Å². The van der Waals surface area contributed by atoms with Crippen LogP contribution in [0, 0.1) is 0 Å². The normalized spacial score (nSPS) is 14.7. The highest BCUT2D eigenvalue weighted by molar-refractivity contribution is 7.80. The topological polar surface area (TPSA) is 46.2 Å². The van der Waals surface area contributed by atoms with Gasteiger partial charge in [0.1, 0.15) is 5.75 Å². The van der Waals surface area contributed by atoms with Gasteiger partial charge in [-0.3, -0.25) is 0 Å². The van der Waals surface area contributed by atoms with E-state index in [2.05, 4.69) is 28.2 Å². The van der Waals surface area contributed by atoms with E-state index in [1.165, 1.54) is 5.56 Å². The molecule has 0 unspecified atom stereocenters. The van der Waals surface area contributed by atoms with Gasteiger partial charge in [-0.15, -0.1) is 0 Å². The van der Waals surface area contributed by atoms with E-state index in [0.717, 1.165) is 61.8 Å². The monoisotopic (exact) mass is 477 g/mol. The first-order valence-electron chi connectivity index (χ1n) is 10.8. The molecule has 32 heavy (non-hydrogen) atoms. The number of anilines is 1. The molecule has 1 saturated heterocycles. The first kappa shape index (κ1) is 24.4. The van der Waals surface area contributed by atoms with Gasteiger partial charge in [0.25, 0.3) is 0 Å². The maximum absolute atomic E-state index is 6.41. The number of nitrogens with zero attached hydrogens (tertiary/aromatic N) is 2. The number of piperidine rings is 1. The highest BCUT2D eigenvalue weighted by atomic mass is 35.5. The Labute approximate surface area is 201 Å². The Hall–Kier alpha value is -2.22. The Morgan fingerprint density at radius 2 is 1.78 bits per heavy atom. The minimum atomic E-state index is 0.371. The van der Waals surface area contributed by atoms with Crippen LogP contribution in [0.25, 0.3) is 0 Å². The van der Waals surface area contributed by atoms with Gasteiger partial charge in [0.05, 0.1) is 32.0 Å². The number of hydrogen-bond acceptors (Lipinski definition) is 5. The molecular formula is C24H32ClN3O3S. The van der Waals surface area contributed by atoms with E-state index in [4.69, 9.17) is 38.0 Å². The molecule has 1 aliphatic rings. The smallest absolute Gasteiger partial charge is 0.173 e. The van der Waals surface area contributed by atoms with Crippen LogP contribution in [-0.2, 0) is 6.42 Å². The standard InChI is InChI=1S/C24H32ClN3O3S/c1-27-12-10-18(11-13-27)28(14-9-17-5-8-22(30-3)23(15-17)31-4)24(32)26-21-16-19(29-2)6-7-20(21)25/h5-8,15-16,18H,9-14H2,1-4H3,(H,26,32). The Kier molecular flexibility index (Phi) is 8.84. The largest absolute Gasteiger partial charge is 0.497 e. The van der Waals surface area contributed by atoms with Crippen LogP contribution >= 0.6 is 23.8 Å². The summed E-state index contributed by atoms with van der Waals surface area (Å²) in [5.41, 5.74) is 1.92. The molecule has 0 aromatic heterocycles. The lowest BCUT2D eigenvalue weighted by molar-refractivity contribution is 0.178. The van der Waals surface area contributed by atoms with Crippen molar-refractivity contribution in [2.45, 2.75) is 25.3 Å². The van der Waals surface area contributed by atoms with Gasteiger partial charge in [0, 0.05) is 18.7 Å². The molecule has 0 amide bonds. The molecule has 2 aromatic carbocycles. The highest BCUT2D eigenvalue weighted by Gasteiger charge is 2.25. The number of nitrogens with one attached hydrogen (secondary N) is 1. The van der Waals surface area contributed by atoms with Crippen molar-refractivity contribution < 1.29 is 14.2 Å². The van der Waals surface area contributed by atoms with Crippen LogP contribution in [0.4, 0.5) is 5.69 Å². The van der Waals surface area contributed by atoms with Crippen molar-refractivity contribution in [2.75, 3.05) is 53.3 Å². The molecule has 0 aliphatic carbocycles. The van der Waals surface area contributed by atoms with Crippen molar-refractivity contribution in [3.05, 3.63) is 47.0 Å². The van der Waals surface area contributed by atoms with E-state index in [0.29, 0.717) is 16.2 Å². The number of hydrogen-bond donors (Lipinski definition) is 1. The number of halogens is 1. The minimum absolute atomic E-state index is 0.371. The predicted octanol–water partition coefficient (Wildman–Crippen LogP) is 4.70. The number of rotatable bonds is 8. The molecule has 3 rings (SSSR count). The van der Waals surface area contributed by atoms with Crippen LogP contribution in [0.1, 0.15) is 18.4 Å². The quantitative estimate of drug-likeness (QED) is 0.553. The first-order chi connectivity index (χ1) is 15.4. The second-order valence-corrected chi connectivity index (χ2v) is 8.74. The average molecular weight is 478 g/mol. The van der Waals surface area contributed by atoms with Gasteiger partial charge in [-0.1, -0.05) is 17.7 Å². The Morgan fingerprint density at radius 3 is 2.44 bits per heavy atom. The molecule has 0 bridgehead atoms. The SMILES string of the molecule is COc1ccc(Cl)c(NC(=S)N(CCc2ccc(OC)c(OC)c2)C2CCN(C)CC2)c1. The zero-order valence-electron chi connectivity index (χ0n) is 19.2. The zero-order valence-corrected chi connectivity index (χ0v) is 20.8. The second-order valence-electron chi connectivity index (χ2n) is 7.94. The van der Waals surface area contributed by atoms with Gasteiger partial charge in [-0.05, 0) is 81.4 Å². The van der Waals surface area contributed by atoms with Crippen molar-refractivity contribution >= 4 is 34.6 Å². The molecule has 0 radical (unpaired) electrons. The third kappa shape index (κ3) is 6.18. The summed E-state index contributed by atoms with van der Waals surface area (Å²) >= 11 is 12.3. The van der Waals surface area contributed by atoms with Gasteiger partial charge >= 0.3 is 0 Å². The molecule has 0 spiro atoms. The number of ether oxygens (including phenoxy) is 3. The molecule has 1 fully saturated rings. The molecule has 2 aromatic rings.